The molecule has 1 amide bonds. The van der Waals surface area contributed by atoms with E-state index >= 15 is 0 Å². The fraction of sp³-hybridized carbons (Fsp3) is 0.143. The molecule has 10 heteroatoms. The van der Waals surface area contributed by atoms with E-state index in [0.29, 0.717) is 22.1 Å². The Balaban J connectivity index is 1.89. The second kappa shape index (κ2) is 6.42. The van der Waals surface area contributed by atoms with Crippen molar-refractivity contribution >= 4 is 48.9 Å². The van der Waals surface area contributed by atoms with Gasteiger partial charge >= 0.3 is 5.00 Å². The molecule has 0 aliphatic rings. The van der Waals surface area contributed by atoms with Crippen molar-refractivity contribution in [2.24, 2.45) is 0 Å². The highest BCUT2D eigenvalue weighted by atomic mass is 32.1. The van der Waals surface area contributed by atoms with Crippen LogP contribution in [0.15, 0.2) is 24.3 Å². The molecule has 1 aromatic carbocycles. The normalized spacial score (nSPS) is 10.6. The van der Waals surface area contributed by atoms with Gasteiger partial charge in [-0.2, -0.15) is 0 Å². The molecular formula is C14H11N3O5S2. The quantitative estimate of drug-likeness (QED) is 0.548. The first-order valence-electron chi connectivity index (χ1n) is 6.60. The number of benzene rings is 1. The summed E-state index contributed by atoms with van der Waals surface area (Å²) in [5.74, 6) is 0.709. The lowest BCUT2D eigenvalue weighted by Crippen LogP contribution is -2.09. The first-order valence-corrected chi connectivity index (χ1v) is 8.23. The molecule has 8 nitrogen and oxygen atoms in total. The largest absolute Gasteiger partial charge is 0.497 e. The van der Waals surface area contributed by atoms with Gasteiger partial charge in [-0.15, -0.1) is 0 Å². The number of amides is 1. The Labute approximate surface area is 143 Å². The van der Waals surface area contributed by atoms with Crippen LogP contribution >= 0.6 is 22.7 Å². The van der Waals surface area contributed by atoms with Crippen LogP contribution in [0, 0.1) is 10.1 Å². The zero-order chi connectivity index (χ0) is 17.3. The topological polar surface area (TPSA) is 104 Å². The third kappa shape index (κ3) is 3.01. The highest BCUT2D eigenvalue weighted by molar-refractivity contribution is 7.22. The molecule has 124 valence electrons. The molecule has 3 rings (SSSR count). The number of carbonyl (C=O) groups excluding carboxylic acids is 1. The number of methoxy groups -OCH3 is 2. The predicted molar refractivity (Wildman–Crippen MR) is 91.7 cm³/mol. The number of hydrogen-bond donors (Lipinski definition) is 1. The SMILES string of the molecule is COc1cc(OC)c2nc(NC(=O)c3ccc([N+](=O)[O-])s3)sc2c1. The Bertz CT molecular complexity index is 934. The number of carbonyl (C=O) groups is 1. The van der Waals surface area contributed by atoms with Crippen molar-refractivity contribution in [3.8, 4) is 11.5 Å². The maximum Gasteiger partial charge on any atom is 0.324 e. The second-order valence-electron chi connectivity index (χ2n) is 4.54. The van der Waals surface area contributed by atoms with E-state index in [4.69, 9.17) is 9.47 Å². The van der Waals surface area contributed by atoms with Gasteiger partial charge in [-0.05, 0) is 12.1 Å². The first-order chi connectivity index (χ1) is 11.5. The smallest absolute Gasteiger partial charge is 0.324 e. The summed E-state index contributed by atoms with van der Waals surface area (Å²) < 4.78 is 11.3. The Morgan fingerprint density at radius 2 is 2.04 bits per heavy atom. The van der Waals surface area contributed by atoms with E-state index in [1.807, 2.05) is 0 Å². The van der Waals surface area contributed by atoms with Crippen molar-refractivity contribution in [1.82, 2.24) is 4.98 Å². The molecule has 0 aliphatic heterocycles. The summed E-state index contributed by atoms with van der Waals surface area (Å²) in [6.45, 7) is 0. The van der Waals surface area contributed by atoms with Crippen molar-refractivity contribution in [2.75, 3.05) is 19.5 Å². The van der Waals surface area contributed by atoms with Crippen LogP contribution in [0.1, 0.15) is 9.67 Å². The summed E-state index contributed by atoms with van der Waals surface area (Å²) in [5, 5.41) is 13.6. The molecule has 0 atom stereocenters. The third-order valence-electron chi connectivity index (χ3n) is 3.11. The Kier molecular flexibility index (Phi) is 4.32. The maximum absolute atomic E-state index is 12.2. The van der Waals surface area contributed by atoms with Gasteiger partial charge in [0.25, 0.3) is 5.91 Å². The predicted octanol–water partition coefficient (Wildman–Crippen LogP) is 3.54. The monoisotopic (exact) mass is 365 g/mol. The minimum absolute atomic E-state index is 0.0872. The number of thiazole rings is 1. The molecule has 0 unspecified atom stereocenters. The number of nitrogens with zero attached hydrogens (tertiary/aromatic N) is 2. The van der Waals surface area contributed by atoms with Crippen LogP contribution in [-0.2, 0) is 0 Å². The van der Waals surface area contributed by atoms with Crippen LogP contribution in [0.3, 0.4) is 0 Å². The third-order valence-corrected chi connectivity index (χ3v) is 5.06. The summed E-state index contributed by atoms with van der Waals surface area (Å²) in [6, 6.07) is 6.21. The minimum atomic E-state index is -0.531. The van der Waals surface area contributed by atoms with E-state index in [1.54, 1.807) is 19.2 Å². The molecule has 0 radical (unpaired) electrons. The molecule has 0 fully saturated rings. The minimum Gasteiger partial charge on any atom is -0.497 e. The van der Waals surface area contributed by atoms with E-state index in [0.717, 1.165) is 16.0 Å². The van der Waals surface area contributed by atoms with Gasteiger partial charge in [0.15, 0.2) is 5.13 Å². The highest BCUT2D eigenvalue weighted by Crippen LogP contribution is 2.36. The van der Waals surface area contributed by atoms with Gasteiger partial charge in [-0.1, -0.05) is 22.7 Å². The van der Waals surface area contributed by atoms with Crippen LogP contribution in [0.4, 0.5) is 10.1 Å². The molecule has 0 saturated carbocycles. The van der Waals surface area contributed by atoms with Gasteiger partial charge in [-0.25, -0.2) is 4.98 Å². The molecule has 1 N–H and O–H groups in total. The average molecular weight is 365 g/mol. The fourth-order valence-electron chi connectivity index (χ4n) is 2.01. The van der Waals surface area contributed by atoms with E-state index in [9.17, 15) is 14.9 Å². The zero-order valence-electron chi connectivity index (χ0n) is 12.6. The first kappa shape index (κ1) is 16.1. The number of rotatable bonds is 5. The van der Waals surface area contributed by atoms with Crippen molar-refractivity contribution in [2.45, 2.75) is 0 Å². The van der Waals surface area contributed by atoms with Crippen molar-refractivity contribution < 1.29 is 19.2 Å². The molecule has 0 spiro atoms. The fourth-order valence-corrected chi connectivity index (χ4v) is 3.63. The van der Waals surface area contributed by atoms with E-state index in [-0.39, 0.29) is 9.88 Å². The molecular weight excluding hydrogens is 354 g/mol. The number of aromatic nitrogens is 1. The Morgan fingerprint density at radius 1 is 1.25 bits per heavy atom. The van der Waals surface area contributed by atoms with Gasteiger partial charge in [-0.3, -0.25) is 20.2 Å². The van der Waals surface area contributed by atoms with Crippen molar-refractivity contribution in [3.63, 3.8) is 0 Å². The highest BCUT2D eigenvalue weighted by Gasteiger charge is 2.18. The number of hydrogen-bond acceptors (Lipinski definition) is 8. The summed E-state index contributed by atoms with van der Waals surface area (Å²) in [5.41, 5.74) is 0.607. The number of nitro groups is 1. The van der Waals surface area contributed by atoms with Gasteiger partial charge < -0.3 is 9.47 Å². The van der Waals surface area contributed by atoms with Crippen molar-refractivity contribution in [1.29, 1.82) is 0 Å². The summed E-state index contributed by atoms with van der Waals surface area (Å²) in [6.07, 6.45) is 0. The molecule has 0 saturated heterocycles. The van der Waals surface area contributed by atoms with Crippen LogP contribution < -0.4 is 14.8 Å². The number of anilines is 1. The maximum atomic E-state index is 12.2. The van der Waals surface area contributed by atoms with Crippen LogP contribution in [0.5, 0.6) is 11.5 Å². The lowest BCUT2D eigenvalue weighted by Gasteiger charge is -2.03. The van der Waals surface area contributed by atoms with Crippen molar-refractivity contribution in [3.05, 3.63) is 39.3 Å². The molecule has 0 bridgehead atoms. The van der Waals surface area contributed by atoms with Gasteiger partial charge in [0, 0.05) is 12.1 Å². The molecule has 2 heterocycles. The summed E-state index contributed by atoms with van der Waals surface area (Å²) in [7, 11) is 3.07. The summed E-state index contributed by atoms with van der Waals surface area (Å²) >= 11 is 2.07. The number of ether oxygens (including phenoxy) is 2. The van der Waals surface area contributed by atoms with Gasteiger partial charge in [0.05, 0.1) is 28.7 Å². The van der Waals surface area contributed by atoms with E-state index in [1.165, 1.54) is 30.6 Å². The standard InChI is InChI=1S/C14H11N3O5S2/c1-21-7-5-8(22-2)12-10(6-7)24-14(15-12)16-13(18)9-3-4-11(23-9)17(19)20/h3-6H,1-2H3,(H,15,16,18). The van der Waals surface area contributed by atoms with E-state index in [2.05, 4.69) is 10.3 Å². The average Bonchev–Trinajstić information content (AvgIpc) is 3.20. The molecule has 24 heavy (non-hydrogen) atoms. The van der Waals surface area contributed by atoms with Crippen LogP contribution in [0.2, 0.25) is 0 Å². The second-order valence-corrected chi connectivity index (χ2v) is 6.64. The van der Waals surface area contributed by atoms with Crippen LogP contribution in [0.25, 0.3) is 10.2 Å². The zero-order valence-corrected chi connectivity index (χ0v) is 14.2. The lowest BCUT2D eigenvalue weighted by atomic mass is 10.3. The Hall–Kier alpha value is -2.72. The lowest BCUT2D eigenvalue weighted by molar-refractivity contribution is -0.380. The molecule has 3 aromatic rings. The van der Waals surface area contributed by atoms with Gasteiger partial charge in [0.2, 0.25) is 0 Å². The Morgan fingerprint density at radius 3 is 2.67 bits per heavy atom. The molecule has 0 aliphatic carbocycles. The summed E-state index contributed by atoms with van der Waals surface area (Å²) in [4.78, 5) is 26.9. The molecule has 2 aromatic heterocycles. The number of thiophene rings is 1. The van der Waals surface area contributed by atoms with E-state index < -0.39 is 10.8 Å². The van der Waals surface area contributed by atoms with Crippen LogP contribution in [-0.4, -0.2) is 30.0 Å². The van der Waals surface area contributed by atoms with Gasteiger partial charge in [0.1, 0.15) is 17.0 Å². The number of nitrogens with one attached hydrogen (secondary N) is 1. The number of fused-ring (bicyclic) bond motifs is 1.